The molecule has 6 rings (SSSR count). The lowest BCUT2D eigenvalue weighted by atomic mass is 9.83. The number of carboxylic acid groups (broad SMARTS) is 1. The van der Waals surface area contributed by atoms with Crippen molar-refractivity contribution >= 4 is 57.5 Å². The second-order valence-corrected chi connectivity index (χ2v) is 13.6. The van der Waals surface area contributed by atoms with Gasteiger partial charge in [-0.1, -0.05) is 78.9 Å². The van der Waals surface area contributed by atoms with Gasteiger partial charge in [-0.05, 0) is 72.2 Å². The maximum atomic E-state index is 14.1. The van der Waals surface area contributed by atoms with E-state index < -0.39 is 23.1 Å². The van der Waals surface area contributed by atoms with Crippen LogP contribution in [0.4, 0.5) is 10.7 Å². The molecule has 2 amide bonds. The predicted octanol–water partition coefficient (Wildman–Crippen LogP) is 8.23. The lowest BCUT2D eigenvalue weighted by Gasteiger charge is -2.22. The Morgan fingerprint density at radius 1 is 0.854 bits per heavy atom. The van der Waals surface area contributed by atoms with Gasteiger partial charge in [-0.2, -0.15) is 0 Å². The molecule has 10 heteroatoms. The number of carbonyl (C=O) groups excluding carboxylic acids is 3. The van der Waals surface area contributed by atoms with Crippen LogP contribution in [-0.4, -0.2) is 36.0 Å². The van der Waals surface area contributed by atoms with Crippen molar-refractivity contribution in [2.24, 2.45) is 0 Å². The van der Waals surface area contributed by atoms with E-state index >= 15 is 0 Å². The fourth-order valence-electron chi connectivity index (χ4n) is 5.93. The maximum absolute atomic E-state index is 14.1. The second-order valence-electron chi connectivity index (χ2n) is 11.3. The van der Waals surface area contributed by atoms with E-state index in [1.807, 2.05) is 54.6 Å². The molecule has 1 aromatic heterocycles. The fourth-order valence-corrected chi connectivity index (χ4v) is 8.33. The van der Waals surface area contributed by atoms with E-state index in [0.29, 0.717) is 33.5 Å². The topological polar surface area (TPSA) is 122 Å². The Hall–Kier alpha value is -5.19. The first-order valence-electron chi connectivity index (χ1n) is 15.4. The Bertz CT molecular complexity index is 1980. The first-order chi connectivity index (χ1) is 23.3. The van der Waals surface area contributed by atoms with Gasteiger partial charge in [0.1, 0.15) is 10.3 Å². The van der Waals surface area contributed by atoms with Gasteiger partial charge in [0.05, 0.1) is 23.8 Å². The largest absolute Gasteiger partial charge is 0.478 e. The summed E-state index contributed by atoms with van der Waals surface area (Å²) in [6.45, 7) is 0. The molecule has 1 aliphatic rings. The molecule has 0 radical (unpaired) electrons. The molecule has 8 nitrogen and oxygen atoms in total. The smallest absolute Gasteiger partial charge is 0.341 e. The summed E-state index contributed by atoms with van der Waals surface area (Å²) in [6, 6.07) is 32.7. The molecule has 0 spiro atoms. The first kappa shape index (κ1) is 32.7. The number of thiophene rings is 1. The zero-order valence-corrected chi connectivity index (χ0v) is 27.6. The van der Waals surface area contributed by atoms with E-state index in [4.69, 9.17) is 4.74 Å². The van der Waals surface area contributed by atoms with Gasteiger partial charge in [-0.3, -0.25) is 9.59 Å². The van der Waals surface area contributed by atoms with Crippen LogP contribution in [-0.2, 0) is 22.4 Å². The van der Waals surface area contributed by atoms with Crippen molar-refractivity contribution in [3.63, 3.8) is 0 Å². The van der Waals surface area contributed by atoms with Gasteiger partial charge in [-0.15, -0.1) is 23.1 Å². The van der Waals surface area contributed by atoms with Gasteiger partial charge in [0.15, 0.2) is 0 Å². The number of carboxylic acids is 1. The van der Waals surface area contributed by atoms with E-state index in [0.717, 1.165) is 28.8 Å². The number of thioether (sulfide) groups is 1. The number of hydrogen-bond donors (Lipinski definition) is 3. The van der Waals surface area contributed by atoms with Crippen molar-refractivity contribution in [2.75, 3.05) is 17.7 Å². The number of hydrogen-bond acceptors (Lipinski definition) is 7. The highest BCUT2D eigenvalue weighted by atomic mass is 32.2. The third kappa shape index (κ3) is 7.20. The monoisotopic (exact) mass is 676 g/mol. The number of methoxy groups -OCH3 is 1. The van der Waals surface area contributed by atoms with Gasteiger partial charge >= 0.3 is 11.9 Å². The van der Waals surface area contributed by atoms with E-state index in [9.17, 15) is 24.3 Å². The van der Waals surface area contributed by atoms with Crippen molar-refractivity contribution in [3.05, 3.63) is 147 Å². The van der Waals surface area contributed by atoms with Gasteiger partial charge in [0, 0.05) is 15.5 Å². The normalized spacial score (nSPS) is 14.3. The molecule has 3 N–H and O–H groups in total. The molecule has 0 fully saturated rings. The number of nitrogens with one attached hydrogen (secondary N) is 2. The van der Waals surface area contributed by atoms with Crippen LogP contribution in [0.2, 0.25) is 0 Å². The molecular weight excluding hydrogens is 645 g/mol. The first-order valence-corrected chi connectivity index (χ1v) is 17.1. The molecule has 48 heavy (non-hydrogen) atoms. The Labute approximate surface area is 286 Å². The van der Waals surface area contributed by atoms with Crippen molar-refractivity contribution in [3.8, 4) is 0 Å². The molecule has 5 aromatic rings. The molecule has 0 saturated carbocycles. The molecular formula is C38H32N2O6S2. The minimum Gasteiger partial charge on any atom is -0.478 e. The highest BCUT2D eigenvalue weighted by molar-refractivity contribution is 8.00. The van der Waals surface area contributed by atoms with Gasteiger partial charge < -0.3 is 20.5 Å². The third-order valence-corrected chi connectivity index (χ3v) is 10.7. The number of anilines is 2. The molecule has 2 atom stereocenters. The van der Waals surface area contributed by atoms with Crippen LogP contribution in [0.5, 0.6) is 0 Å². The minimum atomic E-state index is -1.19. The van der Waals surface area contributed by atoms with Crippen molar-refractivity contribution in [2.45, 2.75) is 35.3 Å². The summed E-state index contributed by atoms with van der Waals surface area (Å²) in [5, 5.41) is 15.1. The number of carbonyl (C=O) groups is 4. The zero-order chi connectivity index (χ0) is 33.6. The minimum absolute atomic E-state index is 0.0414. The molecule has 1 aliphatic carbocycles. The molecule has 242 valence electrons. The van der Waals surface area contributed by atoms with E-state index in [1.54, 1.807) is 30.3 Å². The molecule has 0 saturated heterocycles. The average Bonchev–Trinajstić information content (AvgIpc) is 3.48. The van der Waals surface area contributed by atoms with Crippen molar-refractivity contribution in [1.29, 1.82) is 0 Å². The van der Waals surface area contributed by atoms with Crippen LogP contribution < -0.4 is 10.6 Å². The number of esters is 1. The van der Waals surface area contributed by atoms with Crippen molar-refractivity contribution < 1.29 is 29.0 Å². The summed E-state index contributed by atoms with van der Waals surface area (Å²) >= 11 is 2.73. The van der Waals surface area contributed by atoms with Gasteiger partial charge in [0.25, 0.3) is 5.91 Å². The summed E-state index contributed by atoms with van der Waals surface area (Å²) in [5.74, 6) is -2.21. The van der Waals surface area contributed by atoms with E-state index in [-0.39, 0.29) is 17.0 Å². The predicted molar refractivity (Wildman–Crippen MR) is 188 cm³/mol. The van der Waals surface area contributed by atoms with E-state index in [1.165, 1.54) is 47.9 Å². The number of rotatable bonds is 10. The number of amides is 2. The van der Waals surface area contributed by atoms with Gasteiger partial charge in [0.2, 0.25) is 5.91 Å². The second kappa shape index (κ2) is 14.7. The number of fused-ring (bicyclic) bond motifs is 1. The van der Waals surface area contributed by atoms with Gasteiger partial charge in [-0.25, -0.2) is 9.59 Å². The summed E-state index contributed by atoms with van der Waals surface area (Å²) < 4.78 is 5.18. The quantitative estimate of drug-likeness (QED) is 0.101. The SMILES string of the molecule is COC(=O)c1c(NC(=O)C(Sc2cccc(NC(=O)c3ccccc3C(=O)O)c2)c2ccccc2)sc2c1CCC(c1ccccc1)C2. The summed E-state index contributed by atoms with van der Waals surface area (Å²) in [4.78, 5) is 53.6. The Kier molecular flexibility index (Phi) is 10.0. The van der Waals surface area contributed by atoms with Crippen LogP contribution >= 0.6 is 23.1 Å². The molecule has 0 aliphatic heterocycles. The standard InChI is InChI=1S/C38H32N2O6S2/c1-46-38(45)32-30-20-19-25(23-11-4-2-5-12-23)21-31(30)48-36(32)40-35(42)33(24-13-6-3-7-14-24)47-27-16-10-15-26(22-27)39-34(41)28-17-8-9-18-29(28)37(43)44/h2-18,22,25,33H,19-21H2,1H3,(H,39,41)(H,40,42)(H,43,44). The molecule has 0 bridgehead atoms. The third-order valence-electron chi connectivity index (χ3n) is 8.25. The van der Waals surface area contributed by atoms with E-state index in [2.05, 4.69) is 22.8 Å². The summed E-state index contributed by atoms with van der Waals surface area (Å²) in [5.41, 5.74) is 3.76. The maximum Gasteiger partial charge on any atom is 0.341 e. The van der Waals surface area contributed by atoms with Crippen molar-refractivity contribution in [1.82, 2.24) is 0 Å². The van der Waals surface area contributed by atoms with Crippen LogP contribution in [0.15, 0.2) is 114 Å². The zero-order valence-electron chi connectivity index (χ0n) is 26.0. The van der Waals surface area contributed by atoms with Crippen LogP contribution in [0, 0.1) is 0 Å². The molecule has 2 unspecified atom stereocenters. The summed E-state index contributed by atoms with van der Waals surface area (Å²) in [7, 11) is 1.35. The lowest BCUT2D eigenvalue weighted by molar-refractivity contribution is -0.115. The Morgan fingerprint density at radius 3 is 2.25 bits per heavy atom. The van der Waals surface area contributed by atoms with Crippen LogP contribution in [0.3, 0.4) is 0 Å². The Balaban J connectivity index is 1.26. The average molecular weight is 677 g/mol. The molecule has 1 heterocycles. The van der Waals surface area contributed by atoms with Crippen LogP contribution in [0.25, 0.3) is 0 Å². The lowest BCUT2D eigenvalue weighted by Crippen LogP contribution is -2.20. The Morgan fingerprint density at radius 2 is 1.54 bits per heavy atom. The number of benzene rings is 4. The highest BCUT2D eigenvalue weighted by Crippen LogP contribution is 2.44. The summed E-state index contributed by atoms with van der Waals surface area (Å²) in [6.07, 6.45) is 2.37. The number of aromatic carboxylic acids is 1. The fraction of sp³-hybridized carbons (Fsp3) is 0.158. The number of ether oxygens (including phenoxy) is 1. The molecule has 4 aromatic carbocycles. The highest BCUT2D eigenvalue weighted by Gasteiger charge is 2.32. The van der Waals surface area contributed by atoms with Crippen LogP contribution in [0.1, 0.15) is 70.2 Å².